The largest absolute Gasteiger partial charge is 0.456 e. The molecule has 106 valence electrons. The minimum absolute atomic E-state index is 0.332. The normalized spacial score (nSPS) is 10.5. The second-order valence-electron chi connectivity index (χ2n) is 4.54. The number of nitrogens with one attached hydrogen (secondary N) is 1. The van der Waals surface area contributed by atoms with Gasteiger partial charge in [0.15, 0.2) is 0 Å². The van der Waals surface area contributed by atoms with Crippen LogP contribution in [0.4, 0.5) is 10.5 Å². The molecule has 0 fully saturated rings. The van der Waals surface area contributed by atoms with E-state index in [9.17, 15) is 4.79 Å². The summed E-state index contributed by atoms with van der Waals surface area (Å²) in [6.07, 6.45) is -0.471. The Morgan fingerprint density at radius 3 is 2.71 bits per heavy atom. The van der Waals surface area contributed by atoms with E-state index in [2.05, 4.69) is 5.32 Å². The average molecular weight is 281 g/mol. The number of para-hydroxylation sites is 2. The fraction of sp³-hybridized carbons (Fsp3) is 0.118. The Kier molecular flexibility index (Phi) is 3.60. The first-order valence-corrected chi connectivity index (χ1v) is 6.79. The summed E-state index contributed by atoms with van der Waals surface area (Å²) in [5.74, 6) is 0.712. The van der Waals surface area contributed by atoms with Crippen LogP contribution in [0.15, 0.2) is 59.0 Å². The van der Waals surface area contributed by atoms with Gasteiger partial charge in [0.2, 0.25) is 0 Å². The van der Waals surface area contributed by atoms with E-state index in [-0.39, 0.29) is 0 Å². The molecule has 0 saturated heterocycles. The van der Waals surface area contributed by atoms with Crippen molar-refractivity contribution >= 4 is 22.7 Å². The molecule has 0 spiro atoms. The summed E-state index contributed by atoms with van der Waals surface area (Å²) >= 11 is 0. The quantitative estimate of drug-likeness (QED) is 0.759. The van der Waals surface area contributed by atoms with Crippen molar-refractivity contribution in [2.24, 2.45) is 0 Å². The van der Waals surface area contributed by atoms with Crippen LogP contribution in [-0.4, -0.2) is 12.7 Å². The number of benzene rings is 2. The third-order valence-corrected chi connectivity index (χ3v) is 3.13. The first kappa shape index (κ1) is 13.2. The van der Waals surface area contributed by atoms with Crippen molar-refractivity contribution in [1.82, 2.24) is 0 Å². The number of anilines is 1. The van der Waals surface area contributed by atoms with Gasteiger partial charge in [0.25, 0.3) is 0 Å². The standard InChI is InChI=1S/C17H15NO3/c1-2-20-17(19)18-14-9-5-4-8-13(14)16-11-12-7-3-6-10-15(12)21-16/h3-11H,2H2,1H3,(H,18,19). The predicted molar refractivity (Wildman–Crippen MR) is 82.3 cm³/mol. The Labute approximate surface area is 122 Å². The highest BCUT2D eigenvalue weighted by Gasteiger charge is 2.12. The van der Waals surface area contributed by atoms with Crippen LogP contribution in [0.1, 0.15) is 6.92 Å². The van der Waals surface area contributed by atoms with Gasteiger partial charge < -0.3 is 9.15 Å². The third kappa shape index (κ3) is 2.74. The van der Waals surface area contributed by atoms with Crippen LogP contribution in [0, 0.1) is 0 Å². The molecule has 1 N–H and O–H groups in total. The summed E-state index contributed by atoms with van der Waals surface area (Å²) in [4.78, 5) is 11.6. The zero-order chi connectivity index (χ0) is 14.7. The second-order valence-corrected chi connectivity index (χ2v) is 4.54. The summed E-state index contributed by atoms with van der Waals surface area (Å²) in [7, 11) is 0. The van der Waals surface area contributed by atoms with Crippen molar-refractivity contribution in [2.75, 3.05) is 11.9 Å². The predicted octanol–water partition coefficient (Wildman–Crippen LogP) is 4.67. The van der Waals surface area contributed by atoms with Gasteiger partial charge in [-0.2, -0.15) is 0 Å². The fourth-order valence-electron chi connectivity index (χ4n) is 2.20. The minimum Gasteiger partial charge on any atom is -0.456 e. The van der Waals surface area contributed by atoms with Gasteiger partial charge in [-0.3, -0.25) is 5.32 Å². The Morgan fingerprint density at radius 2 is 1.90 bits per heavy atom. The molecule has 0 radical (unpaired) electrons. The van der Waals surface area contributed by atoms with Crippen LogP contribution in [0.5, 0.6) is 0 Å². The van der Waals surface area contributed by atoms with Crippen LogP contribution >= 0.6 is 0 Å². The van der Waals surface area contributed by atoms with Gasteiger partial charge in [-0.05, 0) is 31.2 Å². The first-order chi connectivity index (χ1) is 10.3. The van der Waals surface area contributed by atoms with Crippen LogP contribution in [0.2, 0.25) is 0 Å². The van der Waals surface area contributed by atoms with Crippen LogP contribution in [0.3, 0.4) is 0 Å². The lowest BCUT2D eigenvalue weighted by molar-refractivity contribution is 0.168. The number of furan rings is 1. The molecule has 0 atom stereocenters. The van der Waals surface area contributed by atoms with E-state index < -0.39 is 6.09 Å². The molecule has 3 aromatic rings. The van der Waals surface area contributed by atoms with Gasteiger partial charge in [0.1, 0.15) is 11.3 Å². The number of hydrogen-bond acceptors (Lipinski definition) is 3. The summed E-state index contributed by atoms with van der Waals surface area (Å²) in [5, 5.41) is 3.76. The highest BCUT2D eigenvalue weighted by molar-refractivity contribution is 5.92. The van der Waals surface area contributed by atoms with E-state index >= 15 is 0 Å². The molecule has 21 heavy (non-hydrogen) atoms. The van der Waals surface area contributed by atoms with Gasteiger partial charge >= 0.3 is 6.09 Å². The molecule has 1 heterocycles. The lowest BCUT2D eigenvalue weighted by Crippen LogP contribution is -2.13. The number of carbonyl (C=O) groups is 1. The molecule has 0 aliphatic carbocycles. The SMILES string of the molecule is CCOC(=O)Nc1ccccc1-c1cc2ccccc2o1. The second kappa shape index (κ2) is 5.71. The molecule has 1 aromatic heterocycles. The molecule has 0 aliphatic heterocycles. The molecule has 4 nitrogen and oxygen atoms in total. The number of carbonyl (C=O) groups excluding carboxylic acids is 1. The van der Waals surface area contributed by atoms with E-state index in [4.69, 9.17) is 9.15 Å². The zero-order valence-electron chi connectivity index (χ0n) is 11.6. The van der Waals surface area contributed by atoms with E-state index in [1.807, 2.05) is 54.6 Å². The molecule has 4 heteroatoms. The summed E-state index contributed by atoms with van der Waals surface area (Å²) < 4.78 is 10.8. The molecule has 0 bridgehead atoms. The number of ether oxygens (including phenoxy) is 1. The Bertz CT molecular complexity index is 743. The molecular formula is C17H15NO3. The molecule has 1 amide bonds. The molecule has 0 saturated carbocycles. The van der Waals surface area contributed by atoms with Gasteiger partial charge in [0, 0.05) is 10.9 Å². The summed E-state index contributed by atoms with van der Waals surface area (Å²) in [6.45, 7) is 2.10. The highest BCUT2D eigenvalue weighted by Crippen LogP contribution is 2.32. The summed E-state index contributed by atoms with van der Waals surface area (Å²) in [6, 6.07) is 17.2. The third-order valence-electron chi connectivity index (χ3n) is 3.13. The van der Waals surface area contributed by atoms with Crippen molar-refractivity contribution in [3.8, 4) is 11.3 Å². The fourth-order valence-corrected chi connectivity index (χ4v) is 2.20. The number of hydrogen-bond donors (Lipinski definition) is 1. The maximum atomic E-state index is 11.6. The monoisotopic (exact) mass is 281 g/mol. The number of amides is 1. The smallest absolute Gasteiger partial charge is 0.411 e. The van der Waals surface area contributed by atoms with Crippen molar-refractivity contribution in [1.29, 1.82) is 0 Å². The number of fused-ring (bicyclic) bond motifs is 1. The lowest BCUT2D eigenvalue weighted by atomic mass is 10.1. The van der Waals surface area contributed by atoms with Crippen molar-refractivity contribution in [3.05, 3.63) is 54.6 Å². The van der Waals surface area contributed by atoms with Gasteiger partial charge in [-0.15, -0.1) is 0 Å². The van der Waals surface area contributed by atoms with Gasteiger partial charge in [-0.25, -0.2) is 4.79 Å². The van der Waals surface area contributed by atoms with Crippen LogP contribution < -0.4 is 5.32 Å². The zero-order valence-corrected chi connectivity index (χ0v) is 11.6. The molecule has 3 rings (SSSR count). The first-order valence-electron chi connectivity index (χ1n) is 6.79. The van der Waals surface area contributed by atoms with Gasteiger partial charge in [-0.1, -0.05) is 30.3 Å². The van der Waals surface area contributed by atoms with Gasteiger partial charge in [0.05, 0.1) is 12.3 Å². The van der Waals surface area contributed by atoms with Crippen LogP contribution in [0.25, 0.3) is 22.3 Å². The molecule has 0 aliphatic rings. The topological polar surface area (TPSA) is 51.5 Å². The van der Waals surface area contributed by atoms with E-state index in [1.54, 1.807) is 6.92 Å². The van der Waals surface area contributed by atoms with E-state index in [0.29, 0.717) is 18.1 Å². The highest BCUT2D eigenvalue weighted by atomic mass is 16.5. The minimum atomic E-state index is -0.471. The Hall–Kier alpha value is -2.75. The Morgan fingerprint density at radius 1 is 1.14 bits per heavy atom. The molecule has 0 unspecified atom stereocenters. The number of rotatable bonds is 3. The molecule has 2 aromatic carbocycles. The van der Waals surface area contributed by atoms with Crippen molar-refractivity contribution < 1.29 is 13.9 Å². The average Bonchev–Trinajstić information content (AvgIpc) is 2.91. The van der Waals surface area contributed by atoms with E-state index in [1.165, 1.54) is 0 Å². The van der Waals surface area contributed by atoms with Crippen LogP contribution in [-0.2, 0) is 4.74 Å². The summed E-state index contributed by atoms with van der Waals surface area (Å²) in [5.41, 5.74) is 2.30. The molecular weight excluding hydrogens is 266 g/mol. The van der Waals surface area contributed by atoms with Crippen molar-refractivity contribution in [2.45, 2.75) is 6.92 Å². The van der Waals surface area contributed by atoms with E-state index in [0.717, 1.165) is 16.5 Å². The van der Waals surface area contributed by atoms with Crippen molar-refractivity contribution in [3.63, 3.8) is 0 Å². The maximum absolute atomic E-state index is 11.6. The lowest BCUT2D eigenvalue weighted by Gasteiger charge is -2.08. The Balaban J connectivity index is 1.99. The maximum Gasteiger partial charge on any atom is 0.411 e.